The van der Waals surface area contributed by atoms with Crippen molar-refractivity contribution in [1.29, 1.82) is 0 Å². The normalized spacial score (nSPS) is 10.4. The minimum absolute atomic E-state index is 0.103. The van der Waals surface area contributed by atoms with Crippen LogP contribution in [0.15, 0.2) is 28.8 Å². The third-order valence-electron chi connectivity index (χ3n) is 2.98. The summed E-state index contributed by atoms with van der Waals surface area (Å²) in [4.78, 5) is 15.9. The lowest BCUT2D eigenvalue weighted by Gasteiger charge is -2.00. The molecule has 0 unspecified atom stereocenters. The van der Waals surface area contributed by atoms with E-state index in [9.17, 15) is 4.79 Å². The molecule has 2 aromatic rings. The van der Waals surface area contributed by atoms with Crippen LogP contribution in [0.25, 0.3) is 11.4 Å². The molecule has 0 saturated heterocycles. The number of rotatable bonds is 7. The Hall–Kier alpha value is -2.37. The molecule has 112 valence electrons. The van der Waals surface area contributed by atoms with Gasteiger partial charge < -0.3 is 14.6 Å². The van der Waals surface area contributed by atoms with Gasteiger partial charge >= 0.3 is 0 Å². The Morgan fingerprint density at radius 1 is 1.33 bits per heavy atom. The summed E-state index contributed by atoms with van der Waals surface area (Å²) in [5.41, 5.74) is 0.817. The van der Waals surface area contributed by atoms with Gasteiger partial charge in [-0.15, -0.1) is 0 Å². The number of amides is 1. The van der Waals surface area contributed by atoms with Crippen LogP contribution >= 0.6 is 0 Å². The van der Waals surface area contributed by atoms with Crippen molar-refractivity contribution in [2.75, 3.05) is 13.7 Å². The summed E-state index contributed by atoms with van der Waals surface area (Å²) in [6.45, 7) is 2.75. The molecule has 21 heavy (non-hydrogen) atoms. The third-order valence-corrected chi connectivity index (χ3v) is 2.98. The number of aromatic nitrogens is 2. The fourth-order valence-corrected chi connectivity index (χ4v) is 1.79. The van der Waals surface area contributed by atoms with Crippen LogP contribution in [-0.2, 0) is 11.2 Å². The zero-order chi connectivity index (χ0) is 15.1. The lowest BCUT2D eigenvalue weighted by molar-refractivity contribution is -0.120. The number of unbranched alkanes of at least 4 members (excludes halogenated alkanes) is 1. The molecule has 2 rings (SSSR count). The molecule has 0 aliphatic rings. The second-order valence-electron chi connectivity index (χ2n) is 4.62. The topological polar surface area (TPSA) is 77.2 Å². The Bertz CT molecular complexity index is 578. The molecule has 1 N–H and O–H groups in total. The van der Waals surface area contributed by atoms with Crippen molar-refractivity contribution in [3.05, 3.63) is 30.2 Å². The summed E-state index contributed by atoms with van der Waals surface area (Å²) < 4.78 is 10.2. The van der Waals surface area contributed by atoms with E-state index in [-0.39, 0.29) is 12.3 Å². The number of carbonyl (C=O) groups is 1. The van der Waals surface area contributed by atoms with Crippen molar-refractivity contribution in [2.24, 2.45) is 0 Å². The van der Waals surface area contributed by atoms with Crippen molar-refractivity contribution in [3.63, 3.8) is 0 Å². The van der Waals surface area contributed by atoms with Crippen molar-refractivity contribution >= 4 is 5.91 Å². The van der Waals surface area contributed by atoms with Crippen LogP contribution in [0.5, 0.6) is 5.75 Å². The lowest BCUT2D eigenvalue weighted by atomic mass is 10.2. The van der Waals surface area contributed by atoms with E-state index < -0.39 is 0 Å². The number of hydrogen-bond acceptors (Lipinski definition) is 5. The molecule has 1 heterocycles. The van der Waals surface area contributed by atoms with E-state index in [0.29, 0.717) is 18.3 Å². The van der Waals surface area contributed by atoms with E-state index in [2.05, 4.69) is 22.4 Å². The van der Waals surface area contributed by atoms with Crippen molar-refractivity contribution in [1.82, 2.24) is 15.5 Å². The summed E-state index contributed by atoms with van der Waals surface area (Å²) in [5, 5.41) is 6.70. The van der Waals surface area contributed by atoms with E-state index in [1.54, 1.807) is 7.11 Å². The maximum absolute atomic E-state index is 11.7. The number of nitrogens with zero attached hydrogens (tertiary/aromatic N) is 2. The Labute approximate surface area is 123 Å². The molecule has 1 aromatic carbocycles. The molecule has 6 heteroatoms. The van der Waals surface area contributed by atoms with E-state index in [1.807, 2.05) is 24.3 Å². The molecule has 0 radical (unpaired) electrons. The van der Waals surface area contributed by atoms with E-state index in [4.69, 9.17) is 9.26 Å². The molecule has 0 bridgehead atoms. The van der Waals surface area contributed by atoms with E-state index in [1.165, 1.54) is 0 Å². The zero-order valence-electron chi connectivity index (χ0n) is 12.3. The molecule has 0 spiro atoms. The predicted octanol–water partition coefficient (Wildman–Crippen LogP) is 2.20. The van der Waals surface area contributed by atoms with Gasteiger partial charge in [0.25, 0.3) is 0 Å². The third kappa shape index (κ3) is 4.30. The molecule has 0 aliphatic heterocycles. The second kappa shape index (κ2) is 7.42. The summed E-state index contributed by atoms with van der Waals surface area (Å²) in [6, 6.07) is 7.33. The van der Waals surface area contributed by atoms with E-state index in [0.717, 1.165) is 24.2 Å². The highest BCUT2D eigenvalue weighted by atomic mass is 16.5. The van der Waals surface area contributed by atoms with Crippen LogP contribution in [0.3, 0.4) is 0 Å². The first-order valence-electron chi connectivity index (χ1n) is 6.96. The first-order valence-corrected chi connectivity index (χ1v) is 6.96. The maximum Gasteiger partial charge on any atom is 0.236 e. The quantitative estimate of drug-likeness (QED) is 0.791. The SMILES string of the molecule is CCCCNC(=O)Cc1nc(-c2ccc(OC)cc2)no1. The smallest absolute Gasteiger partial charge is 0.236 e. The van der Waals surface area contributed by atoms with Gasteiger partial charge in [0.05, 0.1) is 7.11 Å². The summed E-state index contributed by atoms with van der Waals surface area (Å²) in [6.07, 6.45) is 2.11. The molecule has 6 nitrogen and oxygen atoms in total. The van der Waals surface area contributed by atoms with E-state index >= 15 is 0 Å². The summed E-state index contributed by atoms with van der Waals surface area (Å²) in [5.74, 6) is 1.44. The number of nitrogens with one attached hydrogen (secondary N) is 1. The molecular formula is C15H19N3O3. The Morgan fingerprint density at radius 3 is 2.76 bits per heavy atom. The van der Waals surface area contributed by atoms with Gasteiger partial charge in [-0.2, -0.15) is 4.98 Å². The zero-order valence-corrected chi connectivity index (χ0v) is 12.3. The van der Waals surface area contributed by atoms with Crippen LogP contribution in [0.2, 0.25) is 0 Å². The van der Waals surface area contributed by atoms with Crippen molar-refractivity contribution < 1.29 is 14.1 Å². The predicted molar refractivity (Wildman–Crippen MR) is 77.9 cm³/mol. The molecule has 0 saturated carbocycles. The summed E-state index contributed by atoms with van der Waals surface area (Å²) in [7, 11) is 1.61. The van der Waals surface area contributed by atoms with Crippen molar-refractivity contribution in [2.45, 2.75) is 26.2 Å². The van der Waals surface area contributed by atoms with Gasteiger partial charge in [-0.25, -0.2) is 0 Å². The van der Waals surface area contributed by atoms with Gasteiger partial charge in [0.1, 0.15) is 12.2 Å². The summed E-state index contributed by atoms with van der Waals surface area (Å²) >= 11 is 0. The Balaban J connectivity index is 1.95. The fraction of sp³-hybridized carbons (Fsp3) is 0.400. The first kappa shape index (κ1) is 15.0. The Kier molecular flexibility index (Phi) is 5.31. The highest BCUT2D eigenvalue weighted by molar-refractivity contribution is 5.77. The molecular weight excluding hydrogens is 270 g/mol. The standard InChI is InChI=1S/C15H19N3O3/c1-3-4-9-16-13(19)10-14-17-15(18-21-14)11-5-7-12(20-2)8-6-11/h5-8H,3-4,9-10H2,1-2H3,(H,16,19). The highest BCUT2D eigenvalue weighted by Gasteiger charge is 2.12. The maximum atomic E-state index is 11.7. The number of benzene rings is 1. The van der Waals surface area contributed by atoms with Gasteiger partial charge in [0, 0.05) is 12.1 Å². The number of carbonyl (C=O) groups excluding carboxylic acids is 1. The van der Waals surface area contributed by atoms with Crippen LogP contribution in [0.1, 0.15) is 25.7 Å². The molecule has 1 aromatic heterocycles. The van der Waals surface area contributed by atoms with Gasteiger partial charge in [-0.3, -0.25) is 4.79 Å². The number of methoxy groups -OCH3 is 1. The average Bonchev–Trinajstić information content (AvgIpc) is 2.96. The highest BCUT2D eigenvalue weighted by Crippen LogP contribution is 2.19. The van der Waals surface area contributed by atoms with Crippen LogP contribution in [0.4, 0.5) is 0 Å². The monoisotopic (exact) mass is 289 g/mol. The first-order chi connectivity index (χ1) is 10.2. The van der Waals surface area contributed by atoms with Crippen LogP contribution < -0.4 is 10.1 Å². The molecule has 1 amide bonds. The van der Waals surface area contributed by atoms with Gasteiger partial charge in [-0.1, -0.05) is 18.5 Å². The number of ether oxygens (including phenoxy) is 1. The molecule has 0 fully saturated rings. The van der Waals surface area contributed by atoms with Crippen LogP contribution in [0, 0.1) is 0 Å². The lowest BCUT2D eigenvalue weighted by Crippen LogP contribution is -2.26. The fourth-order valence-electron chi connectivity index (χ4n) is 1.79. The second-order valence-corrected chi connectivity index (χ2v) is 4.62. The largest absolute Gasteiger partial charge is 0.497 e. The van der Waals surface area contributed by atoms with Gasteiger partial charge in [-0.05, 0) is 30.7 Å². The average molecular weight is 289 g/mol. The number of hydrogen-bond donors (Lipinski definition) is 1. The minimum atomic E-state index is -0.103. The Morgan fingerprint density at radius 2 is 2.10 bits per heavy atom. The van der Waals surface area contributed by atoms with Gasteiger partial charge in [0.2, 0.25) is 17.6 Å². The van der Waals surface area contributed by atoms with Crippen LogP contribution in [-0.4, -0.2) is 29.7 Å². The molecule has 0 aliphatic carbocycles. The minimum Gasteiger partial charge on any atom is -0.497 e. The van der Waals surface area contributed by atoms with Gasteiger partial charge in [0.15, 0.2) is 0 Å². The molecule has 0 atom stereocenters. The van der Waals surface area contributed by atoms with Crippen molar-refractivity contribution in [3.8, 4) is 17.1 Å².